The van der Waals surface area contributed by atoms with Gasteiger partial charge < -0.3 is 5.73 Å². The fraction of sp³-hybridized carbons (Fsp3) is 0.273. The third kappa shape index (κ3) is 2.46. The summed E-state index contributed by atoms with van der Waals surface area (Å²) in [5, 5.41) is 7.11. The van der Waals surface area contributed by atoms with E-state index >= 15 is 0 Å². The lowest BCUT2D eigenvalue weighted by atomic mass is 10.2. The van der Waals surface area contributed by atoms with E-state index in [2.05, 4.69) is 26.1 Å². The second-order valence-corrected chi connectivity index (χ2v) is 5.66. The lowest BCUT2D eigenvalue weighted by Crippen LogP contribution is -2.16. The van der Waals surface area contributed by atoms with Crippen molar-refractivity contribution in [3.05, 3.63) is 32.7 Å². The highest BCUT2D eigenvalue weighted by atomic mass is 79.9. The van der Waals surface area contributed by atoms with Gasteiger partial charge in [-0.05, 0) is 59.2 Å². The van der Waals surface area contributed by atoms with E-state index in [4.69, 9.17) is 5.73 Å². The molecule has 0 aliphatic carbocycles. The van der Waals surface area contributed by atoms with Gasteiger partial charge in [-0.1, -0.05) is 0 Å². The van der Waals surface area contributed by atoms with Crippen LogP contribution in [0.2, 0.25) is 0 Å². The van der Waals surface area contributed by atoms with Crippen LogP contribution in [0.1, 0.15) is 12.5 Å². The molecule has 0 saturated carbocycles. The summed E-state index contributed by atoms with van der Waals surface area (Å²) in [5.41, 5.74) is 7.37. The number of benzene rings is 1. The molecular weight excluding hydrogens is 316 g/mol. The summed E-state index contributed by atoms with van der Waals surface area (Å²) in [6.45, 7) is 4.44. The van der Waals surface area contributed by atoms with E-state index in [1.54, 1.807) is 4.57 Å². The number of nitrogens with one attached hydrogen (secondary N) is 1. The van der Waals surface area contributed by atoms with Gasteiger partial charge in [-0.25, -0.2) is 9.89 Å². The molecule has 0 spiro atoms. The quantitative estimate of drug-likeness (QED) is 0.848. The summed E-state index contributed by atoms with van der Waals surface area (Å²) in [6.07, 6.45) is 0. The minimum atomic E-state index is -0.191. The van der Waals surface area contributed by atoms with Gasteiger partial charge in [-0.3, -0.25) is 4.57 Å². The molecule has 1 aromatic carbocycles. The largest absolute Gasteiger partial charge is 0.398 e. The summed E-state index contributed by atoms with van der Waals surface area (Å²) < 4.78 is 2.48. The fourth-order valence-corrected chi connectivity index (χ4v) is 3.11. The van der Waals surface area contributed by atoms with Crippen LogP contribution in [0.4, 0.5) is 5.69 Å². The highest BCUT2D eigenvalue weighted by Crippen LogP contribution is 2.34. The van der Waals surface area contributed by atoms with Crippen molar-refractivity contribution in [2.45, 2.75) is 30.4 Å². The summed E-state index contributed by atoms with van der Waals surface area (Å²) in [6, 6.07) is 3.84. The zero-order valence-corrected chi connectivity index (χ0v) is 12.4. The topological polar surface area (TPSA) is 76.7 Å². The first kappa shape index (κ1) is 13.2. The molecule has 18 heavy (non-hydrogen) atoms. The molecule has 2 aromatic rings. The molecule has 0 aliphatic rings. The lowest BCUT2D eigenvalue weighted by molar-refractivity contribution is 0.660. The lowest BCUT2D eigenvalue weighted by Gasteiger charge is -2.07. The molecular formula is C11H13BrN4OS. The van der Waals surface area contributed by atoms with Crippen molar-refractivity contribution >= 4 is 33.4 Å². The molecule has 0 fully saturated rings. The highest BCUT2D eigenvalue weighted by Gasteiger charge is 2.11. The minimum Gasteiger partial charge on any atom is -0.398 e. The van der Waals surface area contributed by atoms with Crippen LogP contribution in [0.3, 0.4) is 0 Å². The Hall–Kier alpha value is -1.21. The van der Waals surface area contributed by atoms with E-state index < -0.39 is 0 Å². The second kappa shape index (κ2) is 5.19. The summed E-state index contributed by atoms with van der Waals surface area (Å²) in [5.74, 6) is 0. The zero-order valence-electron chi connectivity index (χ0n) is 10.0. The highest BCUT2D eigenvalue weighted by molar-refractivity contribution is 9.10. The maximum absolute atomic E-state index is 11.5. The maximum atomic E-state index is 11.5. The average Bonchev–Trinajstić information content (AvgIpc) is 2.67. The number of aromatic amines is 1. The molecule has 0 radical (unpaired) electrons. The van der Waals surface area contributed by atoms with Crippen molar-refractivity contribution < 1.29 is 0 Å². The number of nitrogen functional groups attached to an aromatic ring is 1. The van der Waals surface area contributed by atoms with Crippen molar-refractivity contribution in [2.24, 2.45) is 0 Å². The third-order valence-corrected chi connectivity index (χ3v) is 4.53. The van der Waals surface area contributed by atoms with Crippen LogP contribution in [0.5, 0.6) is 0 Å². The first-order valence-electron chi connectivity index (χ1n) is 5.41. The van der Waals surface area contributed by atoms with E-state index in [-0.39, 0.29) is 5.69 Å². The SMILES string of the molecule is CCn1c(Sc2cc(C)c(N)cc2Br)n[nH]c1=O. The molecule has 0 atom stereocenters. The van der Waals surface area contributed by atoms with E-state index in [1.807, 2.05) is 26.0 Å². The second-order valence-electron chi connectivity index (χ2n) is 3.80. The molecule has 1 aromatic heterocycles. The molecule has 5 nitrogen and oxygen atoms in total. The maximum Gasteiger partial charge on any atom is 0.343 e. The van der Waals surface area contributed by atoms with Crippen LogP contribution in [0.25, 0.3) is 0 Å². The van der Waals surface area contributed by atoms with E-state index in [0.717, 1.165) is 20.6 Å². The first-order chi connectivity index (χ1) is 8.52. The number of H-pyrrole nitrogens is 1. The van der Waals surface area contributed by atoms with Gasteiger partial charge in [-0.2, -0.15) is 0 Å². The Kier molecular flexibility index (Phi) is 3.82. The molecule has 0 bridgehead atoms. The zero-order chi connectivity index (χ0) is 13.3. The van der Waals surface area contributed by atoms with Crippen LogP contribution in [-0.4, -0.2) is 14.8 Å². The number of nitrogens with zero attached hydrogens (tertiary/aromatic N) is 2. The molecule has 0 aliphatic heterocycles. The summed E-state index contributed by atoms with van der Waals surface area (Å²) >= 11 is 4.89. The van der Waals surface area contributed by atoms with Gasteiger partial charge >= 0.3 is 5.69 Å². The van der Waals surface area contributed by atoms with Crippen LogP contribution < -0.4 is 11.4 Å². The van der Waals surface area contributed by atoms with Gasteiger partial charge in [0.05, 0.1) is 0 Å². The summed E-state index contributed by atoms with van der Waals surface area (Å²) in [4.78, 5) is 12.4. The van der Waals surface area contributed by atoms with Gasteiger partial charge in [0.1, 0.15) is 0 Å². The molecule has 2 rings (SSSR count). The number of halogens is 1. The van der Waals surface area contributed by atoms with Gasteiger partial charge in [0.25, 0.3) is 0 Å². The first-order valence-corrected chi connectivity index (χ1v) is 7.02. The molecule has 0 saturated heterocycles. The van der Waals surface area contributed by atoms with Crippen molar-refractivity contribution in [1.82, 2.24) is 14.8 Å². The minimum absolute atomic E-state index is 0.191. The Labute approximate surface area is 117 Å². The molecule has 0 unspecified atom stereocenters. The molecule has 3 N–H and O–H groups in total. The van der Waals surface area contributed by atoms with Crippen molar-refractivity contribution in [1.29, 1.82) is 0 Å². The molecule has 1 heterocycles. The normalized spacial score (nSPS) is 10.8. The standard InChI is InChI=1S/C11H13BrN4OS/c1-3-16-10(17)14-15-11(16)18-9-4-6(2)8(13)5-7(9)12/h4-5H,3,13H2,1-2H3,(H,14,17). The number of rotatable bonds is 3. The van der Waals surface area contributed by atoms with Crippen molar-refractivity contribution in [3.63, 3.8) is 0 Å². The van der Waals surface area contributed by atoms with Gasteiger partial charge in [0, 0.05) is 21.6 Å². The monoisotopic (exact) mass is 328 g/mol. The number of nitrogens with two attached hydrogens (primary N) is 1. The van der Waals surface area contributed by atoms with Gasteiger partial charge in [0.2, 0.25) is 0 Å². The van der Waals surface area contributed by atoms with E-state index in [1.165, 1.54) is 11.8 Å². The number of aryl methyl sites for hydroxylation is 1. The average molecular weight is 329 g/mol. The van der Waals surface area contributed by atoms with Crippen molar-refractivity contribution in [3.8, 4) is 0 Å². The fourth-order valence-electron chi connectivity index (χ4n) is 1.51. The predicted molar refractivity (Wildman–Crippen MR) is 75.9 cm³/mol. The Morgan fingerprint density at radius 1 is 1.56 bits per heavy atom. The summed E-state index contributed by atoms with van der Waals surface area (Å²) in [7, 11) is 0. The van der Waals surface area contributed by atoms with E-state index in [9.17, 15) is 4.79 Å². The Morgan fingerprint density at radius 2 is 2.28 bits per heavy atom. The number of hydrogen-bond acceptors (Lipinski definition) is 4. The van der Waals surface area contributed by atoms with Crippen LogP contribution in [0.15, 0.2) is 31.5 Å². The van der Waals surface area contributed by atoms with Gasteiger partial charge in [-0.15, -0.1) is 5.10 Å². The Balaban J connectivity index is 2.40. The molecule has 96 valence electrons. The Bertz CT molecular complexity index is 634. The Morgan fingerprint density at radius 3 is 2.94 bits per heavy atom. The van der Waals surface area contributed by atoms with Crippen LogP contribution >= 0.6 is 27.7 Å². The number of anilines is 1. The number of aromatic nitrogens is 3. The predicted octanol–water partition coefficient (Wildman–Crippen LogP) is 2.40. The van der Waals surface area contributed by atoms with Gasteiger partial charge in [0.15, 0.2) is 5.16 Å². The van der Waals surface area contributed by atoms with E-state index in [0.29, 0.717) is 11.7 Å². The van der Waals surface area contributed by atoms with Crippen LogP contribution in [0, 0.1) is 6.92 Å². The third-order valence-electron chi connectivity index (χ3n) is 2.56. The molecule has 7 heteroatoms. The number of hydrogen-bond donors (Lipinski definition) is 2. The van der Waals surface area contributed by atoms with Crippen LogP contribution in [-0.2, 0) is 6.54 Å². The van der Waals surface area contributed by atoms with Crippen molar-refractivity contribution in [2.75, 3.05) is 5.73 Å². The smallest absolute Gasteiger partial charge is 0.343 e. The molecule has 0 amide bonds.